The number of nitrogens with one attached hydrogen (secondary N) is 1. The third kappa shape index (κ3) is 7.33. The SMILES string of the molecule is CCOC(=O)CNCC(O)COc1c(C)cc(-c2noc(-c3cc(OC)nc(C4CCCC4)c3)n2)cc1CC. The van der Waals surface area contributed by atoms with Gasteiger partial charge >= 0.3 is 5.97 Å². The highest BCUT2D eigenvalue weighted by Gasteiger charge is 2.22. The van der Waals surface area contributed by atoms with Gasteiger partial charge in [-0.15, -0.1) is 0 Å². The van der Waals surface area contributed by atoms with Crippen molar-refractivity contribution in [3.63, 3.8) is 0 Å². The molecule has 1 atom stereocenters. The van der Waals surface area contributed by atoms with Crippen molar-refractivity contribution < 1.29 is 28.6 Å². The highest BCUT2D eigenvalue weighted by atomic mass is 16.5. The Hall–Kier alpha value is -3.50. The van der Waals surface area contributed by atoms with Crippen LogP contribution < -0.4 is 14.8 Å². The van der Waals surface area contributed by atoms with Crippen molar-refractivity contribution in [2.45, 2.75) is 64.9 Å². The second kappa shape index (κ2) is 13.5. The minimum atomic E-state index is -0.783. The van der Waals surface area contributed by atoms with Crippen LogP contribution in [0.3, 0.4) is 0 Å². The monoisotopic (exact) mass is 538 g/mol. The van der Waals surface area contributed by atoms with Crippen LogP contribution in [0.4, 0.5) is 0 Å². The van der Waals surface area contributed by atoms with E-state index >= 15 is 0 Å². The highest BCUT2D eigenvalue weighted by molar-refractivity contribution is 5.71. The average Bonchev–Trinajstić information content (AvgIpc) is 3.65. The lowest BCUT2D eigenvalue weighted by molar-refractivity contribution is -0.142. The van der Waals surface area contributed by atoms with Crippen LogP contribution in [-0.2, 0) is 16.0 Å². The van der Waals surface area contributed by atoms with Gasteiger partial charge in [0, 0.05) is 35.3 Å². The molecule has 0 spiro atoms. The zero-order chi connectivity index (χ0) is 27.8. The molecule has 10 heteroatoms. The number of aliphatic hydroxyl groups is 1. The van der Waals surface area contributed by atoms with Gasteiger partial charge in [0.1, 0.15) is 18.5 Å². The number of esters is 1. The van der Waals surface area contributed by atoms with Crippen molar-refractivity contribution >= 4 is 5.97 Å². The number of ether oxygens (including phenoxy) is 3. The van der Waals surface area contributed by atoms with E-state index in [1.165, 1.54) is 12.8 Å². The lowest BCUT2D eigenvalue weighted by Gasteiger charge is -2.17. The molecule has 2 aromatic heterocycles. The number of nitrogens with zero attached hydrogens (tertiary/aromatic N) is 3. The number of benzene rings is 1. The van der Waals surface area contributed by atoms with E-state index in [0.717, 1.165) is 53.0 Å². The zero-order valence-electron chi connectivity index (χ0n) is 23.2. The maximum atomic E-state index is 11.4. The first-order chi connectivity index (χ1) is 18.9. The van der Waals surface area contributed by atoms with E-state index in [1.54, 1.807) is 14.0 Å². The summed E-state index contributed by atoms with van der Waals surface area (Å²) in [4.78, 5) is 20.8. The minimum Gasteiger partial charge on any atom is -0.490 e. The molecule has 1 aliphatic carbocycles. The molecule has 1 aromatic carbocycles. The van der Waals surface area contributed by atoms with Crippen LogP contribution in [0.15, 0.2) is 28.8 Å². The predicted molar refractivity (Wildman–Crippen MR) is 146 cm³/mol. The van der Waals surface area contributed by atoms with Gasteiger partial charge in [0.15, 0.2) is 0 Å². The number of pyridine rings is 1. The van der Waals surface area contributed by atoms with Gasteiger partial charge < -0.3 is 29.2 Å². The Kier molecular flexibility index (Phi) is 9.89. The molecular weight excluding hydrogens is 500 g/mol. The number of carbonyl (C=O) groups excluding carboxylic acids is 1. The molecule has 1 saturated carbocycles. The number of hydrogen-bond donors (Lipinski definition) is 2. The maximum Gasteiger partial charge on any atom is 0.319 e. The largest absolute Gasteiger partial charge is 0.490 e. The summed E-state index contributed by atoms with van der Waals surface area (Å²) in [5, 5.41) is 17.4. The summed E-state index contributed by atoms with van der Waals surface area (Å²) in [6, 6.07) is 7.79. The van der Waals surface area contributed by atoms with E-state index in [1.807, 2.05) is 38.1 Å². The van der Waals surface area contributed by atoms with Crippen LogP contribution in [-0.4, -0.2) is 65.7 Å². The molecule has 3 aromatic rings. The van der Waals surface area contributed by atoms with Crippen molar-refractivity contribution in [1.82, 2.24) is 20.4 Å². The molecule has 0 bridgehead atoms. The molecule has 0 amide bonds. The van der Waals surface area contributed by atoms with Crippen molar-refractivity contribution in [2.24, 2.45) is 0 Å². The highest BCUT2D eigenvalue weighted by Crippen LogP contribution is 2.36. The van der Waals surface area contributed by atoms with Gasteiger partial charge in [-0.3, -0.25) is 4.79 Å². The molecule has 2 N–H and O–H groups in total. The molecule has 0 aliphatic heterocycles. The van der Waals surface area contributed by atoms with Crippen molar-refractivity contribution in [1.29, 1.82) is 0 Å². The van der Waals surface area contributed by atoms with Gasteiger partial charge in [0.2, 0.25) is 11.7 Å². The first-order valence-corrected chi connectivity index (χ1v) is 13.6. The predicted octanol–water partition coefficient (Wildman–Crippen LogP) is 4.23. The molecule has 1 fully saturated rings. The fourth-order valence-electron chi connectivity index (χ4n) is 4.88. The Labute approximate surface area is 229 Å². The third-order valence-electron chi connectivity index (χ3n) is 6.84. The summed E-state index contributed by atoms with van der Waals surface area (Å²) < 4.78 is 22.0. The van der Waals surface area contributed by atoms with E-state index in [9.17, 15) is 9.90 Å². The fraction of sp³-hybridized carbons (Fsp3) is 0.517. The number of aryl methyl sites for hydroxylation is 2. The molecule has 10 nitrogen and oxygen atoms in total. The lowest BCUT2D eigenvalue weighted by atomic mass is 10.0. The molecule has 39 heavy (non-hydrogen) atoms. The van der Waals surface area contributed by atoms with Gasteiger partial charge in [0.25, 0.3) is 5.89 Å². The normalized spacial score (nSPS) is 14.4. The van der Waals surface area contributed by atoms with Gasteiger partial charge in [-0.2, -0.15) is 4.98 Å². The van der Waals surface area contributed by atoms with E-state index in [-0.39, 0.29) is 25.7 Å². The van der Waals surface area contributed by atoms with Crippen molar-refractivity contribution in [2.75, 3.05) is 33.4 Å². The lowest BCUT2D eigenvalue weighted by Crippen LogP contribution is -2.35. The second-order valence-electron chi connectivity index (χ2n) is 9.76. The fourth-order valence-corrected chi connectivity index (χ4v) is 4.88. The quantitative estimate of drug-likeness (QED) is 0.305. The molecule has 0 saturated heterocycles. The van der Waals surface area contributed by atoms with E-state index in [2.05, 4.69) is 20.4 Å². The Morgan fingerprint density at radius 2 is 1.95 bits per heavy atom. The van der Waals surface area contributed by atoms with Crippen LogP contribution in [0.25, 0.3) is 22.8 Å². The van der Waals surface area contributed by atoms with Crippen LogP contribution in [0.1, 0.15) is 62.3 Å². The van der Waals surface area contributed by atoms with Crippen molar-refractivity contribution in [3.8, 4) is 34.5 Å². The number of hydrogen-bond acceptors (Lipinski definition) is 10. The number of methoxy groups -OCH3 is 1. The first kappa shape index (κ1) is 28.5. The van der Waals surface area contributed by atoms with Gasteiger partial charge in [-0.25, -0.2) is 4.98 Å². The molecule has 4 rings (SSSR count). The molecule has 210 valence electrons. The summed E-state index contributed by atoms with van der Waals surface area (Å²) in [6.45, 7) is 6.41. The van der Waals surface area contributed by atoms with E-state index in [4.69, 9.17) is 18.7 Å². The van der Waals surface area contributed by atoms with E-state index < -0.39 is 6.10 Å². The molecule has 1 aliphatic rings. The van der Waals surface area contributed by atoms with Gasteiger partial charge in [-0.1, -0.05) is 24.9 Å². The minimum absolute atomic E-state index is 0.0414. The standard InChI is InChI=1S/C29H38N4O6/c1-5-19-12-21(11-18(3)27(19)38-17-23(34)15-30-16-26(35)37-6-2)28-32-29(39-33-28)22-13-24(20-9-7-8-10-20)31-25(14-22)36-4/h11-14,20,23,30,34H,5-10,15-17H2,1-4H3. The number of aromatic nitrogens is 3. The summed E-state index contributed by atoms with van der Waals surface area (Å²) >= 11 is 0. The van der Waals surface area contributed by atoms with Crippen LogP contribution >= 0.6 is 0 Å². The molecule has 0 radical (unpaired) electrons. The summed E-state index contributed by atoms with van der Waals surface area (Å²) in [6.07, 6.45) is 4.63. The van der Waals surface area contributed by atoms with E-state index in [0.29, 0.717) is 30.1 Å². The van der Waals surface area contributed by atoms with Gasteiger partial charge in [0.05, 0.1) is 20.3 Å². The third-order valence-corrected chi connectivity index (χ3v) is 6.84. The Morgan fingerprint density at radius 1 is 1.15 bits per heavy atom. The average molecular weight is 539 g/mol. The number of aliphatic hydroxyl groups excluding tert-OH is 1. The van der Waals surface area contributed by atoms with Crippen LogP contribution in [0.2, 0.25) is 0 Å². The number of carbonyl (C=O) groups is 1. The zero-order valence-corrected chi connectivity index (χ0v) is 23.2. The summed E-state index contributed by atoms with van der Waals surface area (Å²) in [5.74, 6) is 2.23. The van der Waals surface area contributed by atoms with Gasteiger partial charge in [-0.05, 0) is 62.4 Å². The topological polar surface area (TPSA) is 129 Å². The summed E-state index contributed by atoms with van der Waals surface area (Å²) in [5.41, 5.74) is 4.49. The Bertz CT molecular complexity index is 1250. The Balaban J connectivity index is 1.47. The van der Waals surface area contributed by atoms with Crippen molar-refractivity contribution in [3.05, 3.63) is 41.1 Å². The van der Waals surface area contributed by atoms with Crippen LogP contribution in [0.5, 0.6) is 11.6 Å². The molecule has 2 heterocycles. The molecule has 1 unspecified atom stereocenters. The van der Waals surface area contributed by atoms with Crippen LogP contribution in [0, 0.1) is 6.92 Å². The first-order valence-electron chi connectivity index (χ1n) is 13.6. The smallest absolute Gasteiger partial charge is 0.319 e. The second-order valence-corrected chi connectivity index (χ2v) is 9.76. The maximum absolute atomic E-state index is 11.4. The molecular formula is C29H38N4O6. The number of rotatable bonds is 13. The Morgan fingerprint density at radius 3 is 2.67 bits per heavy atom. The summed E-state index contributed by atoms with van der Waals surface area (Å²) in [7, 11) is 1.61.